The smallest absolute Gasteiger partial charge is 0.227 e. The van der Waals surface area contributed by atoms with Gasteiger partial charge in [0.2, 0.25) is 0 Å². The largest absolute Gasteiger partial charge is 0.329 e. The number of aromatic nitrogens is 4. The molecule has 0 aliphatic rings. The van der Waals surface area contributed by atoms with E-state index in [1.54, 1.807) is 0 Å². The van der Waals surface area contributed by atoms with Crippen LogP contribution in [0.1, 0.15) is 26.7 Å². The Hall–Kier alpha value is -0.880. The van der Waals surface area contributed by atoms with Crippen LogP contribution in [-0.4, -0.2) is 9.13 Å². The summed E-state index contributed by atoms with van der Waals surface area (Å²) in [6.45, 7) is 6.58. The van der Waals surface area contributed by atoms with Crippen LogP contribution in [0, 0.1) is 0 Å². The number of hydrogen-bond acceptors (Lipinski definition) is 2. The van der Waals surface area contributed by atoms with E-state index in [-0.39, 0.29) is 0 Å². The van der Waals surface area contributed by atoms with Crippen LogP contribution in [0.3, 0.4) is 0 Å². The Labute approximate surface area is 129 Å². The molecule has 4 nitrogen and oxygen atoms in total. The molecule has 0 saturated heterocycles. The van der Waals surface area contributed by atoms with Crippen molar-refractivity contribution in [3.05, 3.63) is 24.8 Å². The van der Waals surface area contributed by atoms with Gasteiger partial charge in [-0.2, -0.15) is 0 Å². The van der Waals surface area contributed by atoms with Crippen molar-refractivity contribution in [3.63, 3.8) is 0 Å². The molecule has 0 unspecified atom stereocenters. The molecule has 0 bridgehead atoms. The minimum atomic E-state index is 1.08. The molecule has 0 saturated carbocycles. The van der Waals surface area contributed by atoms with Crippen molar-refractivity contribution < 1.29 is 9.13 Å². The van der Waals surface area contributed by atoms with Gasteiger partial charge in [-0.05, 0) is 12.8 Å². The molecule has 0 aliphatic carbocycles. The maximum atomic E-state index is 2.32. The molecule has 2 aromatic rings. The summed E-state index contributed by atoms with van der Waals surface area (Å²) in [6.07, 6.45) is 10.9. The van der Waals surface area contributed by atoms with Crippen LogP contribution in [0.4, 0.5) is 0 Å². The Kier molecular flexibility index (Phi) is 5.60. The minimum Gasteiger partial charge on any atom is -0.227 e. The van der Waals surface area contributed by atoms with Gasteiger partial charge in [0.05, 0.1) is 27.2 Å². The molecule has 6 heteroatoms. The zero-order chi connectivity index (χ0) is 14.5. The molecule has 0 N–H and O–H groups in total. The zero-order valence-corrected chi connectivity index (χ0v) is 14.4. The van der Waals surface area contributed by atoms with E-state index in [0.29, 0.717) is 0 Å². The molecular weight excluding hydrogens is 288 g/mol. The third-order valence-electron chi connectivity index (χ3n) is 3.16. The van der Waals surface area contributed by atoms with Crippen LogP contribution >= 0.6 is 21.6 Å². The van der Waals surface area contributed by atoms with Gasteiger partial charge in [0.1, 0.15) is 24.8 Å². The van der Waals surface area contributed by atoms with E-state index >= 15 is 0 Å². The molecule has 2 aromatic heterocycles. The summed E-state index contributed by atoms with van der Waals surface area (Å²) >= 11 is 0. The van der Waals surface area contributed by atoms with E-state index in [2.05, 4.69) is 71.0 Å². The van der Waals surface area contributed by atoms with E-state index < -0.39 is 0 Å². The van der Waals surface area contributed by atoms with Crippen molar-refractivity contribution in [1.82, 2.24) is 9.13 Å². The highest BCUT2D eigenvalue weighted by Gasteiger charge is 2.21. The van der Waals surface area contributed by atoms with Gasteiger partial charge >= 0.3 is 10.3 Å². The van der Waals surface area contributed by atoms with Gasteiger partial charge in [0.15, 0.2) is 0 Å². The lowest BCUT2D eigenvalue weighted by molar-refractivity contribution is -0.710. The summed E-state index contributed by atoms with van der Waals surface area (Å²) in [6, 6.07) is 0. The number of imidazole rings is 2. The zero-order valence-electron chi connectivity index (χ0n) is 12.7. The molecule has 2 rings (SSSR count). The van der Waals surface area contributed by atoms with Crippen LogP contribution in [0.2, 0.25) is 0 Å². The van der Waals surface area contributed by atoms with E-state index in [1.165, 1.54) is 10.3 Å². The Morgan fingerprint density at radius 1 is 0.850 bits per heavy atom. The third kappa shape index (κ3) is 3.41. The average Bonchev–Trinajstić information content (AvgIpc) is 2.94. The second-order valence-electron chi connectivity index (χ2n) is 4.94. The summed E-state index contributed by atoms with van der Waals surface area (Å²) in [4.78, 5) is 0. The summed E-state index contributed by atoms with van der Waals surface area (Å²) in [5.41, 5.74) is 0. The molecule has 0 aromatic carbocycles. The van der Waals surface area contributed by atoms with Gasteiger partial charge in [-0.15, -0.1) is 0 Å². The summed E-state index contributed by atoms with van der Waals surface area (Å²) in [5.74, 6) is 0. The highest BCUT2D eigenvalue weighted by Crippen LogP contribution is 2.34. The summed E-state index contributed by atoms with van der Waals surface area (Å²) < 4.78 is 9.04. The van der Waals surface area contributed by atoms with Crippen molar-refractivity contribution in [2.24, 2.45) is 14.1 Å². The Morgan fingerprint density at radius 3 is 1.60 bits per heavy atom. The van der Waals surface area contributed by atoms with E-state index in [9.17, 15) is 0 Å². The molecule has 0 fully saturated rings. The fourth-order valence-corrected chi connectivity index (χ4v) is 4.86. The van der Waals surface area contributed by atoms with Gasteiger partial charge in [-0.1, -0.05) is 13.8 Å². The van der Waals surface area contributed by atoms with Crippen LogP contribution in [0.5, 0.6) is 0 Å². The topological polar surface area (TPSA) is 17.6 Å². The van der Waals surface area contributed by atoms with Crippen LogP contribution in [0.15, 0.2) is 35.1 Å². The lowest BCUT2D eigenvalue weighted by Crippen LogP contribution is -2.30. The van der Waals surface area contributed by atoms with Crippen LogP contribution in [-0.2, 0) is 27.2 Å². The quantitative estimate of drug-likeness (QED) is 0.577. The number of nitrogens with zero attached hydrogens (tertiary/aromatic N) is 4. The molecule has 0 spiro atoms. The van der Waals surface area contributed by atoms with Gasteiger partial charge in [0, 0.05) is 21.6 Å². The average molecular weight is 313 g/mol. The van der Waals surface area contributed by atoms with Gasteiger partial charge in [0.25, 0.3) is 0 Å². The van der Waals surface area contributed by atoms with Crippen molar-refractivity contribution in [3.8, 4) is 0 Å². The lowest BCUT2D eigenvalue weighted by Gasteiger charge is -2.01. The van der Waals surface area contributed by atoms with Gasteiger partial charge in [-0.3, -0.25) is 0 Å². The second-order valence-corrected chi connectivity index (χ2v) is 7.00. The number of hydrogen-bond donors (Lipinski definition) is 0. The first-order valence-corrected chi connectivity index (χ1v) is 9.26. The van der Waals surface area contributed by atoms with Crippen molar-refractivity contribution in [1.29, 1.82) is 0 Å². The van der Waals surface area contributed by atoms with Crippen molar-refractivity contribution in [2.45, 2.75) is 50.1 Å². The highest BCUT2D eigenvalue weighted by atomic mass is 33.1. The molecular formula is C14H24N4S2+2. The minimum absolute atomic E-state index is 1.08. The highest BCUT2D eigenvalue weighted by molar-refractivity contribution is 8.76. The van der Waals surface area contributed by atoms with E-state index in [4.69, 9.17) is 0 Å². The Balaban J connectivity index is 2.12. The lowest BCUT2D eigenvalue weighted by atomic mass is 10.5. The molecule has 0 aliphatic heterocycles. The first kappa shape index (κ1) is 15.5. The Morgan fingerprint density at radius 2 is 1.25 bits per heavy atom. The molecule has 110 valence electrons. The molecule has 20 heavy (non-hydrogen) atoms. The second kappa shape index (κ2) is 7.22. The first-order valence-electron chi connectivity index (χ1n) is 7.11. The number of aryl methyl sites for hydroxylation is 4. The molecule has 0 atom stereocenters. The summed E-state index contributed by atoms with van der Waals surface area (Å²) in [5, 5.41) is 2.59. The first-order chi connectivity index (χ1) is 9.67. The maximum Gasteiger partial charge on any atom is 0.329 e. The predicted octanol–water partition coefficient (Wildman–Crippen LogP) is 2.56. The Bertz CT molecular complexity index is 509. The van der Waals surface area contributed by atoms with E-state index in [1.807, 2.05) is 21.6 Å². The van der Waals surface area contributed by atoms with Gasteiger partial charge < -0.3 is 0 Å². The monoisotopic (exact) mass is 312 g/mol. The van der Waals surface area contributed by atoms with Crippen molar-refractivity contribution >= 4 is 21.6 Å². The fourth-order valence-electron chi connectivity index (χ4n) is 2.13. The molecule has 0 radical (unpaired) electrons. The standard InChI is InChI=1S/C14H24N4S2/c1-5-7-17-11-9-15(3)13(17)19-20-14-16(4)10-12-18(14)8-6-2/h9-12H,5-8H2,1-4H3/q+2. The third-order valence-corrected chi connectivity index (χ3v) is 5.73. The van der Waals surface area contributed by atoms with Gasteiger partial charge in [-0.25, -0.2) is 18.3 Å². The normalized spacial score (nSPS) is 11.2. The van der Waals surface area contributed by atoms with Crippen LogP contribution in [0.25, 0.3) is 0 Å². The maximum absolute atomic E-state index is 2.32. The number of rotatable bonds is 7. The predicted molar refractivity (Wildman–Crippen MR) is 83.5 cm³/mol. The molecule has 2 heterocycles. The summed E-state index contributed by atoms with van der Waals surface area (Å²) in [7, 11) is 7.89. The van der Waals surface area contributed by atoms with Crippen molar-refractivity contribution in [2.75, 3.05) is 0 Å². The van der Waals surface area contributed by atoms with Crippen LogP contribution < -0.4 is 9.13 Å². The molecule has 0 amide bonds. The fraction of sp³-hybridized carbons (Fsp3) is 0.571. The SMILES string of the molecule is CCCn1cc[n+](C)c1SSc1n(CCC)cc[n+]1C. The van der Waals surface area contributed by atoms with E-state index in [0.717, 1.165) is 25.9 Å².